The molecule has 1 aromatic carbocycles. The lowest BCUT2D eigenvalue weighted by Gasteiger charge is -2.29. The Morgan fingerprint density at radius 1 is 1.12 bits per heavy atom. The van der Waals surface area contributed by atoms with E-state index in [2.05, 4.69) is 0 Å². The van der Waals surface area contributed by atoms with E-state index in [0.29, 0.717) is 10.6 Å². The van der Waals surface area contributed by atoms with Crippen LogP contribution in [0.2, 0.25) is 5.02 Å². The van der Waals surface area contributed by atoms with E-state index in [-0.39, 0.29) is 17.4 Å². The standard InChI is InChI=1S/C20H18ClNO3S/c21-13-9-7-12(8-10-13)18(23)16-17(15-6-3-11-26-15)22(20(25)19(16)24)14-4-1-2-5-14/h3,6-11,14,17,23H,1-2,4-5H2/b18-16-. The molecule has 2 fully saturated rings. The summed E-state index contributed by atoms with van der Waals surface area (Å²) in [7, 11) is 0. The molecule has 1 N–H and O–H groups in total. The van der Waals surface area contributed by atoms with E-state index in [9.17, 15) is 14.7 Å². The van der Waals surface area contributed by atoms with E-state index in [4.69, 9.17) is 11.6 Å². The summed E-state index contributed by atoms with van der Waals surface area (Å²) in [6.07, 6.45) is 3.91. The fraction of sp³-hybridized carbons (Fsp3) is 0.300. The van der Waals surface area contributed by atoms with Crippen LogP contribution >= 0.6 is 22.9 Å². The van der Waals surface area contributed by atoms with Gasteiger partial charge in [-0.3, -0.25) is 9.59 Å². The quantitative estimate of drug-likeness (QED) is 0.469. The molecule has 4 nitrogen and oxygen atoms in total. The highest BCUT2D eigenvalue weighted by Crippen LogP contribution is 2.44. The van der Waals surface area contributed by atoms with Crippen molar-refractivity contribution >= 4 is 40.4 Å². The Labute approximate surface area is 160 Å². The van der Waals surface area contributed by atoms with Gasteiger partial charge in [0.05, 0.1) is 11.6 Å². The van der Waals surface area contributed by atoms with E-state index in [0.717, 1.165) is 30.6 Å². The first kappa shape index (κ1) is 17.3. The van der Waals surface area contributed by atoms with Crippen LogP contribution in [0.3, 0.4) is 0 Å². The highest BCUT2D eigenvalue weighted by molar-refractivity contribution is 7.10. The number of aliphatic hydroxyl groups is 1. The molecular formula is C20H18ClNO3S. The summed E-state index contributed by atoms with van der Waals surface area (Å²) in [6.45, 7) is 0. The maximum atomic E-state index is 12.8. The molecule has 1 saturated heterocycles. The van der Waals surface area contributed by atoms with Gasteiger partial charge in [0.25, 0.3) is 11.7 Å². The lowest BCUT2D eigenvalue weighted by molar-refractivity contribution is -0.141. The molecule has 2 heterocycles. The van der Waals surface area contributed by atoms with Gasteiger partial charge in [-0.15, -0.1) is 11.3 Å². The Bertz CT molecular complexity index is 867. The Morgan fingerprint density at radius 3 is 2.42 bits per heavy atom. The second-order valence-electron chi connectivity index (χ2n) is 6.67. The molecule has 0 bridgehead atoms. The lowest BCUT2D eigenvalue weighted by Crippen LogP contribution is -2.37. The van der Waals surface area contributed by atoms with Crippen molar-refractivity contribution in [3.05, 3.63) is 62.8 Å². The molecule has 26 heavy (non-hydrogen) atoms. The van der Waals surface area contributed by atoms with Crippen molar-refractivity contribution in [3.63, 3.8) is 0 Å². The minimum Gasteiger partial charge on any atom is -0.507 e. The van der Waals surface area contributed by atoms with Crippen LogP contribution in [0.1, 0.15) is 42.2 Å². The molecule has 1 atom stereocenters. The molecule has 0 radical (unpaired) electrons. The van der Waals surface area contributed by atoms with E-state index in [1.54, 1.807) is 29.2 Å². The van der Waals surface area contributed by atoms with Gasteiger partial charge < -0.3 is 10.0 Å². The predicted octanol–water partition coefficient (Wildman–Crippen LogP) is 4.77. The first-order valence-electron chi connectivity index (χ1n) is 8.67. The van der Waals surface area contributed by atoms with Crippen molar-refractivity contribution in [2.45, 2.75) is 37.8 Å². The Kier molecular flexibility index (Phi) is 4.59. The van der Waals surface area contributed by atoms with Gasteiger partial charge in [-0.2, -0.15) is 0 Å². The largest absolute Gasteiger partial charge is 0.507 e. The first-order valence-corrected chi connectivity index (χ1v) is 9.93. The second kappa shape index (κ2) is 6.89. The van der Waals surface area contributed by atoms with E-state index in [1.165, 1.54) is 11.3 Å². The van der Waals surface area contributed by atoms with Crippen molar-refractivity contribution in [1.29, 1.82) is 0 Å². The van der Waals surface area contributed by atoms with Crippen LogP contribution in [0.25, 0.3) is 5.76 Å². The Morgan fingerprint density at radius 2 is 1.81 bits per heavy atom. The third kappa shape index (κ3) is 2.85. The monoisotopic (exact) mass is 387 g/mol. The maximum absolute atomic E-state index is 12.8. The van der Waals surface area contributed by atoms with Gasteiger partial charge in [0.15, 0.2) is 0 Å². The number of benzene rings is 1. The summed E-state index contributed by atoms with van der Waals surface area (Å²) in [5, 5.41) is 13.3. The number of aliphatic hydroxyl groups excluding tert-OH is 1. The third-order valence-electron chi connectivity index (χ3n) is 5.13. The van der Waals surface area contributed by atoms with Crippen LogP contribution in [0.15, 0.2) is 47.4 Å². The van der Waals surface area contributed by atoms with Crippen LogP contribution in [0, 0.1) is 0 Å². The molecule has 0 spiro atoms. The SMILES string of the molecule is O=C1C(=O)N(C2CCCC2)C(c2cccs2)/C1=C(/O)c1ccc(Cl)cc1. The van der Waals surface area contributed by atoms with Crippen molar-refractivity contribution < 1.29 is 14.7 Å². The second-order valence-corrected chi connectivity index (χ2v) is 8.08. The van der Waals surface area contributed by atoms with Gasteiger partial charge in [-0.1, -0.05) is 30.5 Å². The van der Waals surface area contributed by atoms with E-state index < -0.39 is 17.7 Å². The fourth-order valence-electron chi connectivity index (χ4n) is 3.90. The maximum Gasteiger partial charge on any atom is 0.295 e. The summed E-state index contributed by atoms with van der Waals surface area (Å²) in [5.74, 6) is -1.26. The van der Waals surface area contributed by atoms with Crippen LogP contribution in [0.5, 0.6) is 0 Å². The summed E-state index contributed by atoms with van der Waals surface area (Å²) in [4.78, 5) is 28.2. The molecule has 134 valence electrons. The van der Waals surface area contributed by atoms with Gasteiger partial charge in [0.2, 0.25) is 0 Å². The molecule has 1 amide bonds. The average Bonchev–Trinajstić information content (AvgIpc) is 3.37. The lowest BCUT2D eigenvalue weighted by atomic mass is 9.99. The fourth-order valence-corrected chi connectivity index (χ4v) is 4.86. The van der Waals surface area contributed by atoms with Gasteiger partial charge >= 0.3 is 0 Å². The number of nitrogens with zero attached hydrogens (tertiary/aromatic N) is 1. The number of carbonyl (C=O) groups excluding carboxylic acids is 2. The topological polar surface area (TPSA) is 57.6 Å². The number of thiophene rings is 1. The molecule has 4 rings (SSSR count). The Hall–Kier alpha value is -2.11. The summed E-state index contributed by atoms with van der Waals surface area (Å²) in [6, 6.07) is 9.98. The summed E-state index contributed by atoms with van der Waals surface area (Å²) in [5.41, 5.74) is 0.659. The smallest absolute Gasteiger partial charge is 0.295 e. The molecule has 1 aliphatic heterocycles. The summed E-state index contributed by atoms with van der Waals surface area (Å²) >= 11 is 7.41. The molecule has 1 aromatic heterocycles. The number of hydrogen-bond acceptors (Lipinski definition) is 4. The number of halogens is 1. The molecule has 6 heteroatoms. The van der Waals surface area contributed by atoms with Crippen LogP contribution in [-0.4, -0.2) is 27.7 Å². The van der Waals surface area contributed by atoms with Crippen molar-refractivity contribution in [3.8, 4) is 0 Å². The number of carbonyl (C=O) groups is 2. The number of hydrogen-bond donors (Lipinski definition) is 1. The van der Waals surface area contributed by atoms with Crippen LogP contribution < -0.4 is 0 Å². The molecule has 2 aliphatic rings. The Balaban J connectivity index is 1.86. The van der Waals surface area contributed by atoms with Gasteiger partial charge in [0.1, 0.15) is 5.76 Å². The number of rotatable bonds is 3. The average molecular weight is 388 g/mol. The molecule has 1 aliphatic carbocycles. The first-order chi connectivity index (χ1) is 12.6. The third-order valence-corrected chi connectivity index (χ3v) is 6.31. The van der Waals surface area contributed by atoms with E-state index in [1.807, 2.05) is 17.5 Å². The van der Waals surface area contributed by atoms with Crippen molar-refractivity contribution in [1.82, 2.24) is 4.90 Å². The minimum absolute atomic E-state index is 0.0501. The molecule has 2 aromatic rings. The zero-order valence-electron chi connectivity index (χ0n) is 14.0. The van der Waals surface area contributed by atoms with Crippen molar-refractivity contribution in [2.75, 3.05) is 0 Å². The molecule has 1 saturated carbocycles. The normalized spacial score (nSPS) is 23.1. The summed E-state index contributed by atoms with van der Waals surface area (Å²) < 4.78 is 0. The van der Waals surface area contributed by atoms with Gasteiger partial charge in [-0.25, -0.2) is 0 Å². The van der Waals surface area contributed by atoms with E-state index >= 15 is 0 Å². The molecular weight excluding hydrogens is 370 g/mol. The number of amides is 1. The number of ketones is 1. The number of likely N-dealkylation sites (tertiary alicyclic amines) is 1. The zero-order chi connectivity index (χ0) is 18.3. The van der Waals surface area contributed by atoms with Crippen LogP contribution in [0.4, 0.5) is 0 Å². The van der Waals surface area contributed by atoms with Gasteiger partial charge in [-0.05, 0) is 48.6 Å². The van der Waals surface area contributed by atoms with Gasteiger partial charge in [0, 0.05) is 21.5 Å². The van der Waals surface area contributed by atoms with Crippen LogP contribution in [-0.2, 0) is 9.59 Å². The highest BCUT2D eigenvalue weighted by atomic mass is 35.5. The molecule has 1 unspecified atom stereocenters. The number of Topliss-reactive ketones (excluding diaryl/α,β-unsaturated/α-hetero) is 1. The minimum atomic E-state index is -0.609. The van der Waals surface area contributed by atoms with Crippen molar-refractivity contribution in [2.24, 2.45) is 0 Å². The predicted molar refractivity (Wildman–Crippen MR) is 102 cm³/mol. The highest BCUT2D eigenvalue weighted by Gasteiger charge is 2.49. The zero-order valence-corrected chi connectivity index (χ0v) is 15.6.